The molecule has 0 saturated heterocycles. The highest BCUT2D eigenvalue weighted by atomic mass is 31.2. The van der Waals surface area contributed by atoms with E-state index >= 15 is 0 Å². The third kappa shape index (κ3) is 17.2. The minimum atomic E-state index is -4.11. The fourth-order valence-corrected chi connectivity index (χ4v) is 4.56. The molecule has 0 aliphatic heterocycles. The van der Waals surface area contributed by atoms with Gasteiger partial charge in [0.25, 0.3) is 0 Å². The van der Waals surface area contributed by atoms with Crippen LogP contribution in [-0.4, -0.2) is 11.2 Å². The molecule has 218 valence electrons. The number of hydrogen-bond donors (Lipinski definition) is 0. The highest BCUT2D eigenvalue weighted by Crippen LogP contribution is 2.57. The Bertz CT molecular complexity index is 876. The zero-order valence-corrected chi connectivity index (χ0v) is 27.5. The van der Waals surface area contributed by atoms with E-state index in [4.69, 9.17) is 13.6 Å². The van der Waals surface area contributed by atoms with Crippen LogP contribution >= 0.6 is 7.82 Å². The molecular formula is C33H57O4P. The van der Waals surface area contributed by atoms with Crippen LogP contribution in [0.3, 0.4) is 0 Å². The number of phosphoric ester groups is 1. The number of hydrogen-bond acceptors (Lipinski definition) is 4. The van der Waals surface area contributed by atoms with Gasteiger partial charge in [-0.3, -0.25) is 9.05 Å². The lowest BCUT2D eigenvalue weighted by atomic mass is 9.97. The Morgan fingerprint density at radius 3 is 1.50 bits per heavy atom. The van der Waals surface area contributed by atoms with Gasteiger partial charge in [0.2, 0.25) is 0 Å². The Hall–Kier alpha value is -2.39. The first kappa shape index (κ1) is 42.7. The summed E-state index contributed by atoms with van der Waals surface area (Å²) < 4.78 is 31.8. The van der Waals surface area contributed by atoms with Gasteiger partial charge in [-0.25, -0.2) is 4.57 Å². The number of phosphoric acid groups is 1. The van der Waals surface area contributed by atoms with Crippen LogP contribution < -0.4 is 4.52 Å². The van der Waals surface area contributed by atoms with E-state index in [1.54, 1.807) is 82.3 Å². The molecule has 0 bridgehead atoms. The first-order valence-electron chi connectivity index (χ1n) is 13.7. The molecule has 0 heterocycles. The van der Waals surface area contributed by atoms with Crippen molar-refractivity contribution in [2.45, 2.75) is 101 Å². The van der Waals surface area contributed by atoms with Crippen LogP contribution in [0.2, 0.25) is 0 Å². The Morgan fingerprint density at radius 1 is 0.737 bits per heavy atom. The molecule has 0 saturated carbocycles. The smallest absolute Gasteiger partial charge is 0.404 e. The van der Waals surface area contributed by atoms with Gasteiger partial charge in [-0.2, -0.15) is 0 Å². The summed E-state index contributed by atoms with van der Waals surface area (Å²) in [5.74, 6) is 0.376. The quantitative estimate of drug-likeness (QED) is 0.192. The largest absolute Gasteiger partial charge is 0.531 e. The predicted octanol–water partition coefficient (Wildman–Crippen LogP) is 11.9. The maximum Gasteiger partial charge on any atom is 0.531 e. The third-order valence-corrected chi connectivity index (χ3v) is 5.99. The molecule has 4 nitrogen and oxygen atoms in total. The third-order valence-electron chi connectivity index (χ3n) is 4.19. The van der Waals surface area contributed by atoms with Crippen molar-refractivity contribution in [2.75, 3.05) is 0 Å². The first-order valence-corrected chi connectivity index (χ1v) is 15.2. The molecule has 38 heavy (non-hydrogen) atoms. The van der Waals surface area contributed by atoms with Gasteiger partial charge in [-0.05, 0) is 57.9 Å². The zero-order valence-electron chi connectivity index (χ0n) is 26.6. The van der Waals surface area contributed by atoms with Crippen molar-refractivity contribution in [3.05, 3.63) is 104 Å². The summed E-state index contributed by atoms with van der Waals surface area (Å²) in [6, 6.07) is 8.80. The average molecular weight is 549 g/mol. The fourth-order valence-electron chi connectivity index (χ4n) is 2.74. The molecule has 0 N–H and O–H groups in total. The summed E-state index contributed by atoms with van der Waals surface area (Å²) in [5, 5.41) is 0. The summed E-state index contributed by atoms with van der Waals surface area (Å²) in [6.45, 7) is 36.3. The van der Waals surface area contributed by atoms with E-state index in [2.05, 4.69) is 19.7 Å². The van der Waals surface area contributed by atoms with Crippen LogP contribution in [0.15, 0.2) is 104 Å². The van der Waals surface area contributed by atoms with Gasteiger partial charge in [0, 0.05) is 0 Å². The monoisotopic (exact) mass is 548 g/mol. The molecule has 0 fully saturated rings. The predicted molar refractivity (Wildman–Crippen MR) is 172 cm³/mol. The molecule has 1 unspecified atom stereocenters. The molecule has 0 aliphatic rings. The lowest BCUT2D eigenvalue weighted by Gasteiger charge is -2.35. The Labute approximate surface area is 236 Å². The Balaban J connectivity index is -0.000000656. The number of para-hydroxylation sites is 1. The van der Waals surface area contributed by atoms with E-state index < -0.39 is 19.0 Å². The summed E-state index contributed by atoms with van der Waals surface area (Å²) in [6.07, 6.45) is 12.2. The van der Waals surface area contributed by atoms with Crippen molar-refractivity contribution in [2.24, 2.45) is 0 Å². The number of benzene rings is 1. The highest BCUT2D eigenvalue weighted by molar-refractivity contribution is 7.49. The molecule has 5 heteroatoms. The average Bonchev–Trinajstić information content (AvgIpc) is 2.91. The Morgan fingerprint density at radius 2 is 1.13 bits per heavy atom. The van der Waals surface area contributed by atoms with Gasteiger partial charge in [-0.1, -0.05) is 136 Å². The van der Waals surface area contributed by atoms with Gasteiger partial charge < -0.3 is 4.52 Å². The molecule has 1 rings (SSSR count). The normalized spacial score (nSPS) is 12.9. The second kappa shape index (κ2) is 24.9. The van der Waals surface area contributed by atoms with Gasteiger partial charge in [-0.15, -0.1) is 0 Å². The first-order chi connectivity index (χ1) is 18.0. The van der Waals surface area contributed by atoms with Crippen molar-refractivity contribution in [1.29, 1.82) is 0 Å². The second-order valence-electron chi connectivity index (χ2n) is 7.47. The maximum absolute atomic E-state index is 13.9. The van der Waals surface area contributed by atoms with Crippen molar-refractivity contribution in [3.63, 3.8) is 0 Å². The van der Waals surface area contributed by atoms with Crippen LogP contribution in [0.5, 0.6) is 5.75 Å². The SMILES string of the molecule is C=C/C=C(\C=C)C(C)(C)OP(=O)(Oc1ccccc1)OC(C)(C)C(/C=C\C)=C/C=C.CC.CC.CC.CC. The van der Waals surface area contributed by atoms with E-state index in [0.29, 0.717) is 11.3 Å². The summed E-state index contributed by atoms with van der Waals surface area (Å²) >= 11 is 0. The standard InChI is InChI=1S/C25H33O4P.4C2H6/c1-9-16-21(12-4)24(5,6)28-30(26,27-23-19-14-13-15-20-23)29-25(7,8)22(17-10-2)18-11-3;4*1-2/h9-20H,1-2,4H2,3,5-8H3;4*1-2H3/b18-11-,21-16+,22-17+;;;;. The highest BCUT2D eigenvalue weighted by Gasteiger charge is 2.43. The van der Waals surface area contributed by atoms with E-state index in [0.717, 1.165) is 5.57 Å². The Kier molecular flexibility index (Phi) is 28.0. The molecule has 0 amide bonds. The fraction of sp³-hybridized carbons (Fsp3) is 0.455. The van der Waals surface area contributed by atoms with Crippen LogP contribution in [0.4, 0.5) is 0 Å². The topological polar surface area (TPSA) is 44.8 Å². The lowest BCUT2D eigenvalue weighted by molar-refractivity contribution is 0.0385. The molecular weight excluding hydrogens is 491 g/mol. The maximum atomic E-state index is 13.9. The second-order valence-corrected chi connectivity index (χ2v) is 8.92. The molecule has 0 radical (unpaired) electrons. The van der Waals surface area contributed by atoms with E-state index in [9.17, 15) is 4.57 Å². The van der Waals surface area contributed by atoms with Crippen molar-refractivity contribution in [3.8, 4) is 5.75 Å². The molecule has 1 aromatic carbocycles. The molecule has 0 spiro atoms. The summed E-state index contributed by atoms with van der Waals surface area (Å²) in [7, 11) is -4.11. The van der Waals surface area contributed by atoms with Gasteiger partial charge in [0.1, 0.15) is 17.0 Å². The molecule has 1 atom stereocenters. The van der Waals surface area contributed by atoms with Crippen molar-refractivity contribution in [1.82, 2.24) is 0 Å². The van der Waals surface area contributed by atoms with Crippen LogP contribution in [-0.2, 0) is 13.6 Å². The minimum Gasteiger partial charge on any atom is -0.404 e. The number of rotatable bonds is 12. The van der Waals surface area contributed by atoms with Crippen LogP contribution in [0.25, 0.3) is 0 Å². The zero-order chi connectivity index (χ0) is 30.8. The van der Waals surface area contributed by atoms with E-state index in [1.807, 2.05) is 80.5 Å². The number of allylic oxidation sites excluding steroid dienone is 5. The molecule has 0 aromatic heterocycles. The lowest BCUT2D eigenvalue weighted by Crippen LogP contribution is -2.31. The summed E-state index contributed by atoms with van der Waals surface area (Å²) in [5.41, 5.74) is -0.549. The van der Waals surface area contributed by atoms with Crippen molar-refractivity contribution >= 4 is 7.82 Å². The van der Waals surface area contributed by atoms with Crippen LogP contribution in [0, 0.1) is 0 Å². The van der Waals surface area contributed by atoms with Crippen molar-refractivity contribution < 1.29 is 18.1 Å². The minimum absolute atomic E-state index is 0.376. The summed E-state index contributed by atoms with van der Waals surface area (Å²) in [4.78, 5) is 0. The molecule has 1 aromatic rings. The van der Waals surface area contributed by atoms with E-state index in [-0.39, 0.29) is 0 Å². The van der Waals surface area contributed by atoms with Gasteiger partial charge in [0.15, 0.2) is 0 Å². The van der Waals surface area contributed by atoms with Crippen LogP contribution in [0.1, 0.15) is 90.0 Å². The van der Waals surface area contributed by atoms with E-state index in [1.165, 1.54) is 0 Å². The van der Waals surface area contributed by atoms with Gasteiger partial charge >= 0.3 is 7.82 Å². The van der Waals surface area contributed by atoms with Gasteiger partial charge in [0.05, 0.1) is 0 Å². The molecule has 0 aliphatic carbocycles.